The molecule has 0 amide bonds. The van der Waals surface area contributed by atoms with Gasteiger partial charge in [-0.2, -0.15) is 0 Å². The van der Waals surface area contributed by atoms with Crippen LogP contribution in [0.4, 0.5) is 0 Å². The van der Waals surface area contributed by atoms with Gasteiger partial charge in [-0.1, -0.05) is 74.5 Å². The number of nitrogens with two attached hydrogens (primary N) is 2. The van der Waals surface area contributed by atoms with Gasteiger partial charge >= 0.3 is 0 Å². The van der Waals surface area contributed by atoms with Crippen LogP contribution in [0, 0.1) is 11.8 Å². The van der Waals surface area contributed by atoms with E-state index in [0.29, 0.717) is 23.7 Å². The minimum atomic E-state index is -0.0150. The van der Waals surface area contributed by atoms with Crippen molar-refractivity contribution in [2.75, 3.05) is 0 Å². The van der Waals surface area contributed by atoms with Crippen molar-refractivity contribution < 1.29 is 0 Å². The lowest BCUT2D eigenvalue weighted by atomic mass is 9.60. The van der Waals surface area contributed by atoms with Gasteiger partial charge in [0.2, 0.25) is 0 Å². The molecule has 0 spiro atoms. The van der Waals surface area contributed by atoms with Crippen LogP contribution in [0.25, 0.3) is 0 Å². The smallest absolute Gasteiger partial charge is 0.0270 e. The molecule has 0 aromatic heterocycles. The zero-order chi connectivity index (χ0) is 15.7. The normalized spacial score (nSPS) is 35.3. The zero-order valence-electron chi connectivity index (χ0n) is 13.4. The maximum Gasteiger partial charge on any atom is 0.0270 e. The van der Waals surface area contributed by atoms with Crippen LogP contribution in [0.15, 0.2) is 60.7 Å². The molecule has 2 heteroatoms. The molecule has 4 N–H and O–H groups in total. The Morgan fingerprint density at radius 3 is 1.23 bits per heavy atom. The van der Waals surface area contributed by atoms with E-state index < -0.39 is 0 Å². The largest absolute Gasteiger partial charge is 0.326 e. The van der Waals surface area contributed by atoms with E-state index in [9.17, 15) is 0 Å². The molecule has 6 atom stereocenters. The molecule has 2 aromatic carbocycles. The van der Waals surface area contributed by atoms with E-state index in [1.54, 1.807) is 0 Å². The second-order valence-corrected chi connectivity index (χ2v) is 6.75. The highest BCUT2D eigenvalue weighted by atomic mass is 14.8. The third-order valence-electron chi connectivity index (χ3n) is 5.60. The predicted molar refractivity (Wildman–Crippen MR) is 92.6 cm³/mol. The Balaban J connectivity index is 1.95. The van der Waals surface area contributed by atoms with Crippen LogP contribution < -0.4 is 11.5 Å². The van der Waals surface area contributed by atoms with Crippen molar-refractivity contribution in [2.24, 2.45) is 23.3 Å². The highest BCUT2D eigenvalue weighted by Crippen LogP contribution is 2.46. The van der Waals surface area contributed by atoms with E-state index in [1.807, 2.05) is 0 Å². The van der Waals surface area contributed by atoms with E-state index in [2.05, 4.69) is 74.5 Å². The van der Waals surface area contributed by atoms with Gasteiger partial charge in [0.1, 0.15) is 0 Å². The molecular formula is C20H26N2. The average molecular weight is 294 g/mol. The van der Waals surface area contributed by atoms with Crippen molar-refractivity contribution in [2.45, 2.75) is 37.8 Å². The second kappa shape index (κ2) is 6.23. The number of benzene rings is 2. The van der Waals surface area contributed by atoms with Crippen molar-refractivity contribution in [3.05, 3.63) is 71.8 Å². The van der Waals surface area contributed by atoms with Crippen molar-refractivity contribution >= 4 is 0 Å². The number of hydrogen-bond donors (Lipinski definition) is 2. The summed E-state index contributed by atoms with van der Waals surface area (Å²) in [5, 5.41) is 0. The first-order chi connectivity index (χ1) is 10.6. The topological polar surface area (TPSA) is 52.0 Å². The molecule has 1 fully saturated rings. The molecule has 0 saturated heterocycles. The summed E-state index contributed by atoms with van der Waals surface area (Å²) in [4.78, 5) is 0. The Bertz CT molecular complexity index is 524. The Labute approximate surface area is 133 Å². The van der Waals surface area contributed by atoms with Gasteiger partial charge in [0.25, 0.3) is 0 Å². The molecular weight excluding hydrogens is 268 g/mol. The van der Waals surface area contributed by atoms with Crippen LogP contribution >= 0.6 is 0 Å². The summed E-state index contributed by atoms with van der Waals surface area (Å²) in [5.41, 5.74) is 15.9. The third kappa shape index (κ3) is 2.57. The third-order valence-corrected chi connectivity index (χ3v) is 5.60. The first-order valence-electron chi connectivity index (χ1n) is 8.22. The molecule has 116 valence electrons. The molecule has 0 bridgehead atoms. The summed E-state index contributed by atoms with van der Waals surface area (Å²) in [6, 6.07) is 21.2. The molecule has 0 unspecified atom stereocenters. The van der Waals surface area contributed by atoms with Crippen molar-refractivity contribution in [3.8, 4) is 0 Å². The van der Waals surface area contributed by atoms with Gasteiger partial charge in [0, 0.05) is 23.9 Å². The molecule has 3 rings (SSSR count). The van der Waals surface area contributed by atoms with Crippen molar-refractivity contribution in [1.82, 2.24) is 0 Å². The Morgan fingerprint density at radius 2 is 0.909 bits per heavy atom. The fraction of sp³-hybridized carbons (Fsp3) is 0.400. The van der Waals surface area contributed by atoms with Gasteiger partial charge in [-0.3, -0.25) is 0 Å². The SMILES string of the molecule is C[C@@H]1[C@H](C)[C@H](c2ccccc2)[C@@H](N)[C@H](N)[C@H]1c1ccccc1. The summed E-state index contributed by atoms with van der Waals surface area (Å²) < 4.78 is 0. The quantitative estimate of drug-likeness (QED) is 0.890. The van der Waals surface area contributed by atoms with Crippen LogP contribution in [-0.2, 0) is 0 Å². The minimum absolute atomic E-state index is 0.0150. The lowest BCUT2D eigenvalue weighted by molar-refractivity contribution is 0.157. The summed E-state index contributed by atoms with van der Waals surface area (Å²) in [6.07, 6.45) is 0. The maximum atomic E-state index is 6.61. The summed E-state index contributed by atoms with van der Waals surface area (Å²) in [7, 11) is 0. The summed E-state index contributed by atoms with van der Waals surface area (Å²) in [5.74, 6) is 1.65. The standard InChI is InChI=1S/C20H26N2/c1-13-14(2)18(16-11-7-4-8-12-16)20(22)19(21)17(13)15-9-5-3-6-10-15/h3-14,17-20H,21-22H2,1-2H3/t13-,14+,17-,18-,19-,20-/m1/s1. The summed E-state index contributed by atoms with van der Waals surface area (Å²) >= 11 is 0. The monoisotopic (exact) mass is 294 g/mol. The van der Waals surface area contributed by atoms with Crippen LogP contribution in [0.2, 0.25) is 0 Å². The van der Waals surface area contributed by atoms with E-state index in [0.717, 1.165) is 0 Å². The average Bonchev–Trinajstić information content (AvgIpc) is 2.55. The zero-order valence-corrected chi connectivity index (χ0v) is 13.4. The number of rotatable bonds is 2. The van der Waals surface area contributed by atoms with Gasteiger partial charge in [0.15, 0.2) is 0 Å². The van der Waals surface area contributed by atoms with Crippen molar-refractivity contribution in [3.63, 3.8) is 0 Å². The lowest BCUT2D eigenvalue weighted by Gasteiger charge is -2.48. The Kier molecular flexibility index (Phi) is 4.32. The molecule has 1 saturated carbocycles. The van der Waals surface area contributed by atoms with Gasteiger partial charge in [0.05, 0.1) is 0 Å². The van der Waals surface area contributed by atoms with E-state index in [1.165, 1.54) is 11.1 Å². The van der Waals surface area contributed by atoms with E-state index in [-0.39, 0.29) is 12.1 Å². The van der Waals surface area contributed by atoms with Gasteiger partial charge < -0.3 is 11.5 Å². The Hall–Kier alpha value is -1.64. The lowest BCUT2D eigenvalue weighted by Crippen LogP contribution is -2.57. The van der Waals surface area contributed by atoms with Crippen molar-refractivity contribution in [1.29, 1.82) is 0 Å². The number of hydrogen-bond acceptors (Lipinski definition) is 2. The molecule has 1 aliphatic carbocycles. The fourth-order valence-corrected chi connectivity index (χ4v) is 4.24. The first-order valence-corrected chi connectivity index (χ1v) is 8.22. The fourth-order valence-electron chi connectivity index (χ4n) is 4.24. The molecule has 2 nitrogen and oxygen atoms in total. The molecule has 0 heterocycles. The van der Waals surface area contributed by atoms with Gasteiger partial charge in [-0.15, -0.1) is 0 Å². The van der Waals surface area contributed by atoms with Crippen LogP contribution in [0.1, 0.15) is 36.8 Å². The van der Waals surface area contributed by atoms with Crippen LogP contribution in [-0.4, -0.2) is 12.1 Å². The van der Waals surface area contributed by atoms with Crippen LogP contribution in [0.3, 0.4) is 0 Å². The van der Waals surface area contributed by atoms with Gasteiger partial charge in [-0.25, -0.2) is 0 Å². The minimum Gasteiger partial charge on any atom is -0.326 e. The maximum absolute atomic E-state index is 6.61. The summed E-state index contributed by atoms with van der Waals surface area (Å²) in [6.45, 7) is 4.65. The first kappa shape index (κ1) is 15.3. The molecule has 22 heavy (non-hydrogen) atoms. The molecule has 2 aromatic rings. The second-order valence-electron chi connectivity index (χ2n) is 6.75. The van der Waals surface area contributed by atoms with E-state index >= 15 is 0 Å². The highest BCUT2D eigenvalue weighted by molar-refractivity contribution is 5.30. The molecule has 0 radical (unpaired) electrons. The van der Waals surface area contributed by atoms with Crippen LogP contribution in [0.5, 0.6) is 0 Å². The Morgan fingerprint density at radius 1 is 0.591 bits per heavy atom. The molecule has 0 aliphatic heterocycles. The predicted octanol–water partition coefficient (Wildman–Crippen LogP) is 3.49. The highest BCUT2D eigenvalue weighted by Gasteiger charge is 2.44. The van der Waals surface area contributed by atoms with Gasteiger partial charge in [-0.05, 0) is 23.0 Å². The molecule has 1 aliphatic rings. The van der Waals surface area contributed by atoms with E-state index in [4.69, 9.17) is 11.5 Å².